The third-order valence-corrected chi connectivity index (χ3v) is 3.02. The molecule has 0 radical (unpaired) electrons. The van der Waals surface area contributed by atoms with E-state index in [1.807, 2.05) is 0 Å². The molecule has 0 heterocycles. The van der Waals surface area contributed by atoms with Gasteiger partial charge in [-0.3, -0.25) is 4.79 Å². The fourth-order valence-corrected chi connectivity index (χ4v) is 1.92. The minimum absolute atomic E-state index is 0.0105. The zero-order chi connectivity index (χ0) is 14.4. The van der Waals surface area contributed by atoms with E-state index >= 15 is 0 Å². The summed E-state index contributed by atoms with van der Waals surface area (Å²) >= 11 is 1.16. The molecule has 0 saturated carbocycles. The van der Waals surface area contributed by atoms with E-state index in [4.69, 9.17) is 5.11 Å². The normalized spacial score (nSPS) is 10.9. The molecule has 0 fully saturated rings. The van der Waals surface area contributed by atoms with Crippen molar-refractivity contribution < 1.29 is 23.5 Å². The fraction of sp³-hybridized carbons (Fsp3) is 0.231. The summed E-state index contributed by atoms with van der Waals surface area (Å²) in [5, 5.41) is 8.61. The number of benzene rings is 1. The van der Waals surface area contributed by atoms with E-state index in [0.717, 1.165) is 23.9 Å². The third-order valence-electron chi connectivity index (χ3n) is 2.18. The molecule has 1 aromatic carbocycles. The molecule has 19 heavy (non-hydrogen) atoms. The van der Waals surface area contributed by atoms with Gasteiger partial charge in [0.15, 0.2) is 5.12 Å². The lowest BCUT2D eigenvalue weighted by atomic mass is 10.1. The Morgan fingerprint density at radius 3 is 2.37 bits per heavy atom. The van der Waals surface area contributed by atoms with Gasteiger partial charge < -0.3 is 5.11 Å². The summed E-state index contributed by atoms with van der Waals surface area (Å²) in [5.41, 5.74) is -0.711. The fourth-order valence-electron chi connectivity index (χ4n) is 1.38. The highest BCUT2D eigenvalue weighted by Gasteiger charge is 2.16. The minimum Gasteiger partial charge on any atom is -0.477 e. The highest BCUT2D eigenvalue weighted by atomic mass is 32.2. The van der Waals surface area contributed by atoms with Gasteiger partial charge in [0, 0.05) is 12.7 Å². The Kier molecular flexibility index (Phi) is 5.69. The Labute approximate surface area is 113 Å². The molecule has 0 saturated heterocycles. The Morgan fingerprint density at radius 2 is 1.89 bits per heavy atom. The Bertz CT molecular complexity index is 504. The summed E-state index contributed by atoms with van der Waals surface area (Å²) in [7, 11) is 0. The number of rotatable bonds is 5. The molecular weight excluding hydrogens is 274 g/mol. The number of carboxylic acid groups (broad SMARTS) is 1. The van der Waals surface area contributed by atoms with Gasteiger partial charge in [-0.15, -0.1) is 0 Å². The number of carbonyl (C=O) groups excluding carboxylic acids is 1. The van der Waals surface area contributed by atoms with Crippen LogP contribution >= 0.6 is 11.8 Å². The first-order chi connectivity index (χ1) is 8.91. The molecule has 1 rings (SSSR count). The maximum absolute atomic E-state index is 13.3. The van der Waals surface area contributed by atoms with E-state index in [1.54, 1.807) is 6.08 Å². The predicted molar refractivity (Wildman–Crippen MR) is 70.1 cm³/mol. The zero-order valence-electron chi connectivity index (χ0n) is 10.2. The molecule has 6 heteroatoms. The second kappa shape index (κ2) is 7.04. The van der Waals surface area contributed by atoms with Crippen molar-refractivity contribution in [1.29, 1.82) is 0 Å². The first kappa shape index (κ1) is 15.4. The molecule has 0 unspecified atom stereocenters. The first-order valence-corrected chi connectivity index (χ1v) is 6.42. The molecule has 0 bridgehead atoms. The summed E-state index contributed by atoms with van der Waals surface area (Å²) < 4.78 is 26.7. The van der Waals surface area contributed by atoms with E-state index in [9.17, 15) is 18.4 Å². The number of aromatic carboxylic acids is 1. The number of carboxylic acids is 1. The summed E-state index contributed by atoms with van der Waals surface area (Å²) in [6.07, 6.45) is 3.73. The first-order valence-electron chi connectivity index (χ1n) is 5.44. The van der Waals surface area contributed by atoms with Gasteiger partial charge in [0.05, 0.1) is 0 Å². The van der Waals surface area contributed by atoms with Crippen LogP contribution in [0.2, 0.25) is 0 Å². The molecule has 0 aliphatic rings. The number of hydrogen-bond acceptors (Lipinski definition) is 3. The second-order valence-electron chi connectivity index (χ2n) is 3.70. The molecule has 1 aromatic rings. The quantitative estimate of drug-likeness (QED) is 0.843. The monoisotopic (exact) mass is 286 g/mol. The standard InChI is InChI=1S/C13H12F2O3S/c1-8(16)19-5-3-2-4-9-6-10(14)12(13(17)18)11(15)7-9/h2,4,6-7H,3,5H2,1H3,(H,17,18). The Hall–Kier alpha value is -1.69. The van der Waals surface area contributed by atoms with Gasteiger partial charge in [-0.05, 0) is 24.1 Å². The van der Waals surface area contributed by atoms with E-state index in [0.29, 0.717) is 12.2 Å². The molecule has 0 amide bonds. The van der Waals surface area contributed by atoms with Gasteiger partial charge >= 0.3 is 5.97 Å². The maximum Gasteiger partial charge on any atom is 0.341 e. The molecular formula is C13H12F2O3S. The highest BCUT2D eigenvalue weighted by Crippen LogP contribution is 2.17. The van der Waals surface area contributed by atoms with E-state index in [1.165, 1.54) is 13.0 Å². The van der Waals surface area contributed by atoms with Crippen molar-refractivity contribution in [3.8, 4) is 0 Å². The van der Waals surface area contributed by atoms with Crippen LogP contribution in [0, 0.1) is 11.6 Å². The van der Waals surface area contributed by atoms with Crippen LogP contribution in [0.5, 0.6) is 0 Å². The van der Waals surface area contributed by atoms with Crippen molar-refractivity contribution in [3.05, 3.63) is 41.0 Å². The van der Waals surface area contributed by atoms with Crippen LogP contribution in [0.1, 0.15) is 29.3 Å². The number of halogens is 2. The smallest absolute Gasteiger partial charge is 0.341 e. The van der Waals surface area contributed by atoms with Crippen LogP contribution in [0.25, 0.3) is 6.08 Å². The van der Waals surface area contributed by atoms with Crippen molar-refractivity contribution >= 4 is 28.9 Å². The lowest BCUT2D eigenvalue weighted by molar-refractivity contribution is -0.109. The summed E-state index contributed by atoms with van der Waals surface area (Å²) in [6, 6.07) is 1.92. The topological polar surface area (TPSA) is 54.4 Å². The van der Waals surface area contributed by atoms with Gasteiger partial charge in [-0.2, -0.15) is 0 Å². The molecule has 0 aromatic heterocycles. The van der Waals surface area contributed by atoms with Crippen LogP contribution in [-0.2, 0) is 4.79 Å². The summed E-state index contributed by atoms with van der Waals surface area (Å²) in [4.78, 5) is 21.2. The molecule has 0 atom stereocenters. The SMILES string of the molecule is CC(=O)SCCC=Cc1cc(F)c(C(=O)O)c(F)c1. The largest absolute Gasteiger partial charge is 0.477 e. The van der Waals surface area contributed by atoms with Crippen molar-refractivity contribution in [1.82, 2.24) is 0 Å². The van der Waals surface area contributed by atoms with Gasteiger partial charge in [-0.25, -0.2) is 13.6 Å². The summed E-state index contributed by atoms with van der Waals surface area (Å²) in [5.74, 6) is -3.26. The average Bonchev–Trinajstić information content (AvgIpc) is 2.26. The maximum atomic E-state index is 13.3. The van der Waals surface area contributed by atoms with Crippen LogP contribution in [0.3, 0.4) is 0 Å². The number of allylic oxidation sites excluding steroid dienone is 1. The van der Waals surface area contributed by atoms with Crippen molar-refractivity contribution in [2.24, 2.45) is 0 Å². The average molecular weight is 286 g/mol. The minimum atomic E-state index is -1.64. The van der Waals surface area contributed by atoms with Crippen LogP contribution in [0.15, 0.2) is 18.2 Å². The van der Waals surface area contributed by atoms with Crippen LogP contribution in [0.4, 0.5) is 8.78 Å². The molecule has 102 valence electrons. The van der Waals surface area contributed by atoms with Gasteiger partial charge in [-0.1, -0.05) is 23.9 Å². The van der Waals surface area contributed by atoms with E-state index in [-0.39, 0.29) is 10.7 Å². The highest BCUT2D eigenvalue weighted by molar-refractivity contribution is 8.13. The Balaban J connectivity index is 2.73. The van der Waals surface area contributed by atoms with E-state index in [2.05, 4.69) is 0 Å². The van der Waals surface area contributed by atoms with Gasteiger partial charge in [0.25, 0.3) is 0 Å². The number of thioether (sulfide) groups is 1. The second-order valence-corrected chi connectivity index (χ2v) is 4.97. The lowest BCUT2D eigenvalue weighted by Crippen LogP contribution is -2.04. The Morgan fingerprint density at radius 1 is 1.32 bits per heavy atom. The predicted octanol–water partition coefficient (Wildman–Crippen LogP) is 3.35. The molecule has 0 aliphatic carbocycles. The van der Waals surface area contributed by atoms with Crippen molar-refractivity contribution in [2.75, 3.05) is 5.75 Å². The zero-order valence-corrected chi connectivity index (χ0v) is 11.0. The molecule has 0 aliphatic heterocycles. The molecule has 3 nitrogen and oxygen atoms in total. The molecule has 0 spiro atoms. The van der Waals surface area contributed by atoms with Gasteiger partial charge in [0.2, 0.25) is 0 Å². The van der Waals surface area contributed by atoms with Gasteiger partial charge in [0.1, 0.15) is 17.2 Å². The van der Waals surface area contributed by atoms with Crippen molar-refractivity contribution in [2.45, 2.75) is 13.3 Å². The number of hydrogen-bond donors (Lipinski definition) is 1. The number of carbonyl (C=O) groups is 2. The summed E-state index contributed by atoms with van der Waals surface area (Å²) in [6.45, 7) is 1.46. The van der Waals surface area contributed by atoms with Crippen LogP contribution < -0.4 is 0 Å². The van der Waals surface area contributed by atoms with Crippen molar-refractivity contribution in [3.63, 3.8) is 0 Å². The molecule has 1 N–H and O–H groups in total. The third kappa shape index (κ3) is 4.82. The van der Waals surface area contributed by atoms with Crippen LogP contribution in [-0.4, -0.2) is 21.9 Å². The van der Waals surface area contributed by atoms with E-state index < -0.39 is 23.2 Å². The lowest BCUT2D eigenvalue weighted by Gasteiger charge is -2.01.